The first kappa shape index (κ1) is 16.9. The smallest absolute Gasteiger partial charge is 0.304 e. The third kappa shape index (κ3) is 3.50. The summed E-state index contributed by atoms with van der Waals surface area (Å²) in [5.74, 6) is 0. The molecular weight excluding hydrogens is 274 g/mol. The molecule has 1 aromatic carbocycles. The van der Waals surface area contributed by atoms with Crippen molar-refractivity contribution in [3.05, 3.63) is 29.8 Å². The van der Waals surface area contributed by atoms with Gasteiger partial charge in [0.2, 0.25) is 0 Å². The second kappa shape index (κ2) is 6.56. The fourth-order valence-electron chi connectivity index (χ4n) is 1.88. The van der Waals surface area contributed by atoms with Crippen LogP contribution in [0.25, 0.3) is 0 Å². The van der Waals surface area contributed by atoms with Crippen LogP contribution in [0, 0.1) is 0 Å². The van der Waals surface area contributed by atoms with Gasteiger partial charge in [-0.05, 0) is 45.4 Å². The molecule has 0 amide bonds. The van der Waals surface area contributed by atoms with Crippen molar-refractivity contribution in [1.29, 1.82) is 0 Å². The predicted molar refractivity (Wildman–Crippen MR) is 83.8 cm³/mol. The van der Waals surface area contributed by atoms with Crippen LogP contribution >= 0.6 is 0 Å². The van der Waals surface area contributed by atoms with Gasteiger partial charge in [-0.3, -0.25) is 4.31 Å². The Morgan fingerprint density at radius 3 is 1.90 bits per heavy atom. The average molecular weight is 299 g/mol. The lowest BCUT2D eigenvalue weighted by Gasteiger charge is -2.33. The molecule has 0 bridgehead atoms. The highest BCUT2D eigenvalue weighted by Gasteiger charge is 2.30. The molecule has 2 N–H and O–H groups in total. The highest BCUT2D eigenvalue weighted by Crippen LogP contribution is 2.24. The molecule has 1 rings (SSSR count). The maximum atomic E-state index is 12.7. The van der Waals surface area contributed by atoms with Gasteiger partial charge in [0, 0.05) is 25.7 Å². The lowest BCUT2D eigenvalue weighted by molar-refractivity contribution is 0.406. The van der Waals surface area contributed by atoms with E-state index < -0.39 is 10.2 Å². The van der Waals surface area contributed by atoms with Gasteiger partial charge in [0.15, 0.2) is 0 Å². The Bertz CT molecular complexity index is 524. The molecule has 6 heteroatoms. The number of rotatable bonds is 6. The second-order valence-corrected chi connectivity index (χ2v) is 7.24. The Balaban J connectivity index is 3.23. The maximum Gasteiger partial charge on any atom is 0.304 e. The molecule has 0 atom stereocenters. The van der Waals surface area contributed by atoms with E-state index in [4.69, 9.17) is 5.73 Å². The molecule has 0 radical (unpaired) electrons. The van der Waals surface area contributed by atoms with Gasteiger partial charge in [0.05, 0.1) is 5.69 Å². The van der Waals surface area contributed by atoms with Crippen molar-refractivity contribution < 1.29 is 8.42 Å². The Hall–Kier alpha value is -1.11. The first-order valence-corrected chi connectivity index (χ1v) is 8.18. The lowest BCUT2D eigenvalue weighted by atomic mass is 10.2. The minimum Gasteiger partial charge on any atom is -0.326 e. The van der Waals surface area contributed by atoms with E-state index in [1.165, 1.54) is 8.61 Å². The van der Waals surface area contributed by atoms with Gasteiger partial charge in [-0.1, -0.05) is 12.1 Å². The molecule has 20 heavy (non-hydrogen) atoms. The van der Waals surface area contributed by atoms with Gasteiger partial charge < -0.3 is 5.73 Å². The predicted octanol–water partition coefficient (Wildman–Crippen LogP) is 1.95. The topological polar surface area (TPSA) is 66.6 Å². The molecule has 0 aliphatic carbocycles. The van der Waals surface area contributed by atoms with Gasteiger partial charge >= 0.3 is 10.2 Å². The van der Waals surface area contributed by atoms with Crippen LogP contribution in [-0.4, -0.2) is 31.9 Å². The Kier molecular flexibility index (Phi) is 5.56. The number of anilines is 1. The highest BCUT2D eigenvalue weighted by atomic mass is 32.2. The van der Waals surface area contributed by atoms with Gasteiger partial charge in [0.1, 0.15) is 0 Å². The molecule has 0 aromatic heterocycles. The Morgan fingerprint density at radius 2 is 1.55 bits per heavy atom. The zero-order valence-corrected chi connectivity index (χ0v) is 13.7. The lowest BCUT2D eigenvalue weighted by Crippen LogP contribution is -2.48. The Labute approximate surface area is 122 Å². The molecule has 0 aliphatic rings. The molecule has 1 aromatic rings. The van der Waals surface area contributed by atoms with E-state index in [0.717, 1.165) is 5.56 Å². The van der Waals surface area contributed by atoms with Crippen LogP contribution in [0.15, 0.2) is 24.3 Å². The molecule has 0 aliphatic heterocycles. The second-order valence-electron chi connectivity index (χ2n) is 5.38. The van der Waals surface area contributed by atoms with Crippen molar-refractivity contribution in [1.82, 2.24) is 4.31 Å². The number of nitrogens with two attached hydrogens (primary N) is 1. The van der Waals surface area contributed by atoms with Crippen molar-refractivity contribution in [3.8, 4) is 0 Å². The summed E-state index contributed by atoms with van der Waals surface area (Å²) in [7, 11) is -1.94. The van der Waals surface area contributed by atoms with Gasteiger partial charge in [0.25, 0.3) is 0 Å². The van der Waals surface area contributed by atoms with Crippen molar-refractivity contribution in [2.45, 2.75) is 46.3 Å². The van der Waals surface area contributed by atoms with E-state index in [9.17, 15) is 8.42 Å². The molecule has 0 fully saturated rings. The number of nitrogens with zero attached hydrogens (tertiary/aromatic N) is 2. The van der Waals surface area contributed by atoms with Crippen LogP contribution in [0.3, 0.4) is 0 Å². The van der Waals surface area contributed by atoms with Crippen LogP contribution in [0.4, 0.5) is 5.69 Å². The summed E-state index contributed by atoms with van der Waals surface area (Å²) < 4.78 is 28.2. The maximum absolute atomic E-state index is 12.7. The zero-order valence-electron chi connectivity index (χ0n) is 12.9. The largest absolute Gasteiger partial charge is 0.326 e. The Morgan fingerprint density at radius 1 is 1.05 bits per heavy atom. The van der Waals surface area contributed by atoms with Crippen molar-refractivity contribution in [2.24, 2.45) is 5.73 Å². The van der Waals surface area contributed by atoms with Crippen LogP contribution in [0.5, 0.6) is 0 Å². The highest BCUT2D eigenvalue weighted by molar-refractivity contribution is 7.90. The standard InChI is InChI=1S/C14H25N3O2S/c1-11(2)16(5)20(18,19)17(12(3)4)14-8-6-13(10-15)7-9-14/h6-9,11-12H,10,15H2,1-5H3. The van der Waals surface area contributed by atoms with Crippen LogP contribution in [-0.2, 0) is 16.8 Å². The molecule has 0 saturated carbocycles. The van der Waals surface area contributed by atoms with Crippen molar-refractivity contribution >= 4 is 15.9 Å². The van der Waals surface area contributed by atoms with Gasteiger partial charge in [-0.15, -0.1) is 0 Å². The summed E-state index contributed by atoms with van der Waals surface area (Å²) >= 11 is 0. The van der Waals surface area contributed by atoms with E-state index in [0.29, 0.717) is 12.2 Å². The molecular formula is C14H25N3O2S. The summed E-state index contributed by atoms with van der Waals surface area (Å²) in [6.07, 6.45) is 0. The molecule has 0 unspecified atom stereocenters. The van der Waals surface area contributed by atoms with E-state index >= 15 is 0 Å². The number of hydrogen-bond donors (Lipinski definition) is 1. The minimum atomic E-state index is -3.54. The van der Waals surface area contributed by atoms with Crippen LogP contribution in [0.2, 0.25) is 0 Å². The third-order valence-corrected chi connectivity index (χ3v) is 5.51. The number of hydrogen-bond acceptors (Lipinski definition) is 3. The number of benzene rings is 1. The van der Waals surface area contributed by atoms with E-state index in [1.807, 2.05) is 39.8 Å². The van der Waals surface area contributed by atoms with Crippen molar-refractivity contribution in [2.75, 3.05) is 11.4 Å². The zero-order chi connectivity index (χ0) is 15.5. The van der Waals surface area contributed by atoms with Gasteiger partial charge in [-0.25, -0.2) is 0 Å². The normalized spacial score (nSPS) is 12.4. The summed E-state index contributed by atoms with van der Waals surface area (Å²) in [6, 6.07) is 7.06. The first-order chi connectivity index (χ1) is 9.21. The van der Waals surface area contributed by atoms with Gasteiger partial charge in [-0.2, -0.15) is 12.7 Å². The van der Waals surface area contributed by atoms with Crippen LogP contribution < -0.4 is 10.0 Å². The molecule has 0 heterocycles. The van der Waals surface area contributed by atoms with E-state index in [-0.39, 0.29) is 12.1 Å². The fourth-order valence-corrected chi connectivity index (χ4v) is 3.61. The van der Waals surface area contributed by atoms with Crippen molar-refractivity contribution in [3.63, 3.8) is 0 Å². The quantitative estimate of drug-likeness (QED) is 0.873. The summed E-state index contributed by atoms with van der Waals surface area (Å²) in [5.41, 5.74) is 7.21. The summed E-state index contributed by atoms with van der Waals surface area (Å²) in [6.45, 7) is 7.88. The summed E-state index contributed by atoms with van der Waals surface area (Å²) in [5, 5.41) is 0. The molecule has 0 saturated heterocycles. The average Bonchev–Trinajstić information content (AvgIpc) is 2.37. The van der Waals surface area contributed by atoms with E-state index in [2.05, 4.69) is 0 Å². The molecule has 114 valence electrons. The van der Waals surface area contributed by atoms with Crippen LogP contribution in [0.1, 0.15) is 33.3 Å². The van der Waals surface area contributed by atoms with E-state index in [1.54, 1.807) is 19.2 Å². The molecule has 5 nitrogen and oxygen atoms in total. The fraction of sp³-hybridized carbons (Fsp3) is 0.571. The minimum absolute atomic E-state index is 0.0930. The summed E-state index contributed by atoms with van der Waals surface area (Å²) in [4.78, 5) is 0. The first-order valence-electron chi connectivity index (χ1n) is 6.78. The molecule has 0 spiro atoms. The monoisotopic (exact) mass is 299 g/mol. The third-order valence-electron chi connectivity index (χ3n) is 3.24. The SMILES string of the molecule is CC(C)N(C)S(=O)(=O)N(c1ccc(CN)cc1)C(C)C.